The monoisotopic (exact) mass is 398 g/mol. The summed E-state index contributed by atoms with van der Waals surface area (Å²) in [7, 11) is 0. The number of hydrogen-bond acceptors (Lipinski definition) is 3. The summed E-state index contributed by atoms with van der Waals surface area (Å²) < 4.78 is 6.19. The molecule has 0 radical (unpaired) electrons. The van der Waals surface area contributed by atoms with Crippen LogP contribution in [0.3, 0.4) is 0 Å². The quantitative estimate of drug-likeness (QED) is 0.622. The normalized spacial score (nSPS) is 16.4. The molecule has 20 heavy (non-hydrogen) atoms. The molecule has 2 heterocycles. The number of aliphatic imine (C=N–C) groups is 1. The molecule has 0 unspecified atom stereocenters. The second-order valence-corrected chi connectivity index (χ2v) is 5.74. The summed E-state index contributed by atoms with van der Waals surface area (Å²) >= 11 is 8.32. The van der Waals surface area contributed by atoms with Gasteiger partial charge in [0.1, 0.15) is 17.3 Å². The van der Waals surface area contributed by atoms with Gasteiger partial charge in [0.15, 0.2) is 0 Å². The van der Waals surface area contributed by atoms with Crippen LogP contribution in [0.5, 0.6) is 0 Å². The van der Waals surface area contributed by atoms with Crippen LogP contribution in [0, 0.1) is 3.57 Å². The van der Waals surface area contributed by atoms with Gasteiger partial charge in [-0.05, 0) is 52.9 Å². The number of rotatable bonds is 2. The van der Waals surface area contributed by atoms with Crippen molar-refractivity contribution in [3.8, 4) is 0 Å². The second-order valence-electron chi connectivity index (χ2n) is 4.08. The zero-order chi connectivity index (χ0) is 14.1. The summed E-state index contributed by atoms with van der Waals surface area (Å²) in [5.41, 5.74) is 1.000. The Morgan fingerprint density at radius 2 is 2.20 bits per heavy atom. The molecule has 1 aliphatic heterocycles. The number of halogens is 2. The molecule has 0 atom stereocenters. The average Bonchev–Trinajstić information content (AvgIpc) is 3.04. The number of benzene rings is 1. The SMILES string of the molecule is O=C1NC(c2cc(I)ccc2Cl)=N/C1=C/c1ccco1. The van der Waals surface area contributed by atoms with E-state index in [4.69, 9.17) is 16.0 Å². The van der Waals surface area contributed by atoms with E-state index in [1.807, 2.05) is 12.1 Å². The highest BCUT2D eigenvalue weighted by molar-refractivity contribution is 14.1. The topological polar surface area (TPSA) is 54.6 Å². The van der Waals surface area contributed by atoms with E-state index in [9.17, 15) is 4.79 Å². The molecule has 3 rings (SSSR count). The highest BCUT2D eigenvalue weighted by atomic mass is 127. The Morgan fingerprint density at radius 3 is 2.95 bits per heavy atom. The minimum Gasteiger partial charge on any atom is -0.465 e. The van der Waals surface area contributed by atoms with Gasteiger partial charge in [0, 0.05) is 15.2 Å². The summed E-state index contributed by atoms with van der Waals surface area (Å²) in [5.74, 6) is 0.761. The number of hydrogen-bond donors (Lipinski definition) is 1. The van der Waals surface area contributed by atoms with Crippen LogP contribution in [0.1, 0.15) is 11.3 Å². The maximum absolute atomic E-state index is 11.9. The fourth-order valence-corrected chi connectivity index (χ4v) is 2.48. The van der Waals surface area contributed by atoms with E-state index in [0.717, 1.165) is 3.57 Å². The fraction of sp³-hybridized carbons (Fsp3) is 0. The number of nitrogens with one attached hydrogen (secondary N) is 1. The van der Waals surface area contributed by atoms with Gasteiger partial charge in [0.2, 0.25) is 0 Å². The van der Waals surface area contributed by atoms with Crippen LogP contribution in [0.25, 0.3) is 6.08 Å². The van der Waals surface area contributed by atoms with Crippen molar-refractivity contribution >= 4 is 52.0 Å². The van der Waals surface area contributed by atoms with E-state index in [-0.39, 0.29) is 5.91 Å². The van der Waals surface area contributed by atoms with Gasteiger partial charge in [-0.3, -0.25) is 4.79 Å². The van der Waals surface area contributed by atoms with Gasteiger partial charge in [-0.15, -0.1) is 0 Å². The lowest BCUT2D eigenvalue weighted by Gasteiger charge is -2.03. The van der Waals surface area contributed by atoms with Crippen molar-refractivity contribution in [1.29, 1.82) is 0 Å². The first kappa shape index (κ1) is 13.4. The number of amidine groups is 1. The van der Waals surface area contributed by atoms with Gasteiger partial charge >= 0.3 is 0 Å². The molecule has 0 spiro atoms. The van der Waals surface area contributed by atoms with Gasteiger partial charge in [0.25, 0.3) is 5.91 Å². The standard InChI is InChI=1S/C14H8ClIN2O2/c15-11-4-3-8(16)6-10(11)13-17-12(14(19)18-13)7-9-2-1-5-20-9/h1-7H,(H,17,18,19)/b12-7+. The third-order valence-corrected chi connectivity index (χ3v) is 3.70. The van der Waals surface area contributed by atoms with Gasteiger partial charge in [0.05, 0.1) is 11.3 Å². The van der Waals surface area contributed by atoms with Gasteiger partial charge in [-0.2, -0.15) is 0 Å². The first-order valence-electron chi connectivity index (χ1n) is 5.74. The number of amides is 1. The number of carbonyl (C=O) groups excluding carboxylic acids is 1. The molecule has 1 aliphatic rings. The maximum atomic E-state index is 11.9. The Hall–Kier alpha value is -1.60. The molecule has 100 valence electrons. The van der Waals surface area contributed by atoms with Crippen LogP contribution in [0.4, 0.5) is 0 Å². The molecule has 4 nitrogen and oxygen atoms in total. The Balaban J connectivity index is 2.00. The number of carbonyl (C=O) groups is 1. The molecular weight excluding hydrogens is 391 g/mol. The highest BCUT2D eigenvalue weighted by Gasteiger charge is 2.23. The minimum atomic E-state index is -0.272. The lowest BCUT2D eigenvalue weighted by atomic mass is 10.2. The Morgan fingerprint density at radius 1 is 1.35 bits per heavy atom. The predicted octanol–water partition coefficient (Wildman–Crippen LogP) is 3.46. The summed E-state index contributed by atoms with van der Waals surface area (Å²) in [6.07, 6.45) is 3.13. The zero-order valence-corrected chi connectivity index (χ0v) is 13.0. The highest BCUT2D eigenvalue weighted by Crippen LogP contribution is 2.22. The lowest BCUT2D eigenvalue weighted by molar-refractivity contribution is -0.115. The van der Waals surface area contributed by atoms with Crippen molar-refractivity contribution in [3.63, 3.8) is 0 Å². The molecule has 1 amide bonds. The molecule has 0 saturated carbocycles. The van der Waals surface area contributed by atoms with Crippen LogP contribution < -0.4 is 5.32 Å². The molecule has 1 N–H and O–H groups in total. The molecule has 0 fully saturated rings. The number of nitrogens with zero attached hydrogens (tertiary/aromatic N) is 1. The second kappa shape index (κ2) is 5.41. The van der Waals surface area contributed by atoms with Crippen molar-refractivity contribution in [3.05, 3.63) is 62.2 Å². The van der Waals surface area contributed by atoms with Crippen molar-refractivity contribution in [2.45, 2.75) is 0 Å². The van der Waals surface area contributed by atoms with E-state index in [0.29, 0.717) is 27.9 Å². The van der Waals surface area contributed by atoms with Crippen molar-refractivity contribution in [2.75, 3.05) is 0 Å². The third-order valence-electron chi connectivity index (χ3n) is 2.70. The van der Waals surface area contributed by atoms with E-state index in [1.54, 1.807) is 30.5 Å². The van der Waals surface area contributed by atoms with Crippen molar-refractivity contribution in [2.24, 2.45) is 4.99 Å². The first-order valence-corrected chi connectivity index (χ1v) is 7.20. The van der Waals surface area contributed by atoms with E-state index in [2.05, 4.69) is 32.9 Å². The average molecular weight is 399 g/mol. The lowest BCUT2D eigenvalue weighted by Crippen LogP contribution is -2.25. The summed E-state index contributed by atoms with van der Waals surface area (Å²) in [6.45, 7) is 0. The predicted molar refractivity (Wildman–Crippen MR) is 85.5 cm³/mol. The van der Waals surface area contributed by atoms with Crippen LogP contribution in [0.15, 0.2) is 51.7 Å². The molecule has 0 aliphatic carbocycles. The summed E-state index contributed by atoms with van der Waals surface area (Å²) in [5, 5.41) is 3.26. The number of furan rings is 1. The minimum absolute atomic E-state index is 0.272. The molecule has 0 bridgehead atoms. The maximum Gasteiger partial charge on any atom is 0.275 e. The van der Waals surface area contributed by atoms with Crippen LogP contribution in [-0.2, 0) is 4.79 Å². The van der Waals surface area contributed by atoms with E-state index in [1.165, 1.54) is 0 Å². The first-order chi connectivity index (χ1) is 9.63. The Bertz CT molecular complexity index is 736. The Kier molecular flexibility index (Phi) is 3.62. The van der Waals surface area contributed by atoms with Gasteiger partial charge < -0.3 is 9.73 Å². The largest absolute Gasteiger partial charge is 0.465 e. The van der Waals surface area contributed by atoms with E-state index >= 15 is 0 Å². The molecule has 1 aromatic heterocycles. The smallest absolute Gasteiger partial charge is 0.275 e. The molecule has 0 saturated heterocycles. The van der Waals surface area contributed by atoms with E-state index < -0.39 is 0 Å². The van der Waals surface area contributed by atoms with Gasteiger partial charge in [-0.25, -0.2) is 4.99 Å². The summed E-state index contributed by atoms with van der Waals surface area (Å²) in [4.78, 5) is 16.2. The zero-order valence-electron chi connectivity index (χ0n) is 10.1. The molecule has 6 heteroatoms. The van der Waals surface area contributed by atoms with Crippen LogP contribution in [-0.4, -0.2) is 11.7 Å². The van der Waals surface area contributed by atoms with Crippen LogP contribution >= 0.6 is 34.2 Å². The van der Waals surface area contributed by atoms with Crippen molar-refractivity contribution in [1.82, 2.24) is 5.32 Å². The molecular formula is C14H8ClIN2O2. The van der Waals surface area contributed by atoms with Crippen molar-refractivity contribution < 1.29 is 9.21 Å². The molecule has 1 aromatic carbocycles. The van der Waals surface area contributed by atoms with Gasteiger partial charge in [-0.1, -0.05) is 11.6 Å². The summed E-state index contributed by atoms with van der Waals surface area (Å²) in [6, 6.07) is 9.05. The Labute approximate surface area is 133 Å². The van der Waals surface area contributed by atoms with Crippen LogP contribution in [0.2, 0.25) is 5.02 Å². The fourth-order valence-electron chi connectivity index (χ4n) is 1.78. The molecule has 2 aromatic rings. The third kappa shape index (κ3) is 2.64.